The number of pyridine rings is 1. The zero-order valence-electron chi connectivity index (χ0n) is 13.7. The van der Waals surface area contributed by atoms with E-state index >= 15 is 0 Å². The number of aromatic nitrogens is 1. The van der Waals surface area contributed by atoms with Crippen molar-refractivity contribution in [3.05, 3.63) is 30.1 Å². The van der Waals surface area contributed by atoms with Crippen molar-refractivity contribution in [1.82, 2.24) is 5.32 Å². The molecule has 1 rings (SSSR count). The van der Waals surface area contributed by atoms with Gasteiger partial charge in [0, 0.05) is 12.6 Å². The molecule has 0 aromatic carbocycles. The highest BCUT2D eigenvalue weighted by molar-refractivity contribution is 5.93. The van der Waals surface area contributed by atoms with Crippen molar-refractivity contribution < 1.29 is 34.6 Å². The highest BCUT2D eigenvalue weighted by Crippen LogP contribution is 2.18. The SMILES string of the molecule is CC(C)(C)CC(=O)OC[n+]1cccc(C(=O)NCCO[NH2+]O)c1. The Kier molecular flexibility index (Phi) is 7.60. The predicted molar refractivity (Wildman–Crippen MR) is 78.8 cm³/mol. The Morgan fingerprint density at radius 2 is 2.13 bits per heavy atom. The van der Waals surface area contributed by atoms with Crippen molar-refractivity contribution in [3.8, 4) is 0 Å². The molecule has 0 spiro atoms. The second-order valence-corrected chi connectivity index (χ2v) is 6.22. The summed E-state index contributed by atoms with van der Waals surface area (Å²) in [7, 11) is 0. The number of amides is 1. The number of nitrogens with two attached hydrogens (primary N) is 1. The second kappa shape index (κ2) is 9.19. The lowest BCUT2D eigenvalue weighted by Gasteiger charge is -2.15. The van der Waals surface area contributed by atoms with E-state index < -0.39 is 0 Å². The quantitative estimate of drug-likeness (QED) is 0.259. The minimum absolute atomic E-state index is 0.0542. The Balaban J connectivity index is 2.49. The summed E-state index contributed by atoms with van der Waals surface area (Å²) < 4.78 is 6.81. The summed E-state index contributed by atoms with van der Waals surface area (Å²) in [6.45, 7) is 6.39. The Morgan fingerprint density at radius 1 is 1.39 bits per heavy atom. The van der Waals surface area contributed by atoms with Crippen LogP contribution in [0.25, 0.3) is 0 Å². The number of ether oxygens (including phenoxy) is 1. The van der Waals surface area contributed by atoms with Gasteiger partial charge in [-0.25, -0.2) is 0 Å². The van der Waals surface area contributed by atoms with Crippen LogP contribution in [0.2, 0.25) is 0 Å². The van der Waals surface area contributed by atoms with Crippen LogP contribution in [0.3, 0.4) is 0 Å². The molecular formula is C15H25N3O5+2. The molecule has 128 valence electrons. The van der Waals surface area contributed by atoms with Crippen LogP contribution in [0.15, 0.2) is 24.5 Å². The molecule has 0 saturated heterocycles. The molecule has 8 nitrogen and oxygen atoms in total. The Hall–Kier alpha value is -2.03. The third-order valence-corrected chi connectivity index (χ3v) is 2.75. The standard InChI is InChI=1S/C15H24N3O5/c1-15(2,3)9-13(19)22-11-18-7-4-5-12(10-18)14(20)16-6-8-23-17-21/h4-5,7,10,21H,6,8-9,11,17H2,1-3H3/q+1/p+1. The number of hydrogen-bond acceptors (Lipinski definition) is 5. The highest BCUT2D eigenvalue weighted by atomic mass is 16.8. The third kappa shape index (κ3) is 8.24. The lowest BCUT2D eigenvalue weighted by atomic mass is 9.93. The maximum Gasteiger partial charge on any atom is 0.311 e. The van der Waals surface area contributed by atoms with E-state index in [4.69, 9.17) is 9.94 Å². The Bertz CT molecular complexity index is 528. The van der Waals surface area contributed by atoms with E-state index in [0.29, 0.717) is 17.6 Å². The summed E-state index contributed by atoms with van der Waals surface area (Å²) in [5, 5.41) is 11.0. The van der Waals surface area contributed by atoms with Crippen LogP contribution in [-0.4, -0.2) is 30.2 Å². The van der Waals surface area contributed by atoms with Crippen molar-refractivity contribution in [2.45, 2.75) is 33.9 Å². The molecule has 0 fully saturated rings. The number of nitrogens with zero attached hydrogens (tertiary/aromatic N) is 1. The van der Waals surface area contributed by atoms with Crippen molar-refractivity contribution in [2.24, 2.45) is 5.41 Å². The van der Waals surface area contributed by atoms with Crippen LogP contribution in [-0.2, 0) is 21.1 Å². The van der Waals surface area contributed by atoms with Gasteiger partial charge in [-0.3, -0.25) is 9.59 Å². The summed E-state index contributed by atoms with van der Waals surface area (Å²) in [5.74, 6) is -0.556. The van der Waals surface area contributed by atoms with Gasteiger partial charge in [0.2, 0.25) is 0 Å². The topological polar surface area (TPSA) is 105 Å². The third-order valence-electron chi connectivity index (χ3n) is 2.75. The average Bonchev–Trinajstić information content (AvgIpc) is 2.48. The minimum atomic E-state index is -0.280. The van der Waals surface area contributed by atoms with Crippen LogP contribution < -0.4 is 15.5 Å². The van der Waals surface area contributed by atoms with Crippen molar-refractivity contribution in [1.29, 1.82) is 0 Å². The number of quaternary nitrogens is 1. The molecule has 0 aliphatic heterocycles. The van der Waals surface area contributed by atoms with Gasteiger partial charge < -0.3 is 10.1 Å². The fourth-order valence-electron chi connectivity index (χ4n) is 1.75. The van der Waals surface area contributed by atoms with Gasteiger partial charge in [-0.2, -0.15) is 14.6 Å². The number of hydrogen-bond donors (Lipinski definition) is 3. The fourth-order valence-corrected chi connectivity index (χ4v) is 1.75. The number of rotatable bonds is 8. The summed E-state index contributed by atoms with van der Waals surface area (Å²) in [6, 6.07) is 3.35. The maximum atomic E-state index is 11.9. The molecule has 1 aromatic rings. The zero-order valence-corrected chi connectivity index (χ0v) is 13.7. The van der Waals surface area contributed by atoms with Crippen molar-refractivity contribution in [2.75, 3.05) is 13.2 Å². The Morgan fingerprint density at radius 3 is 2.78 bits per heavy atom. The van der Waals surface area contributed by atoms with Crippen LogP contribution in [0.1, 0.15) is 37.6 Å². The molecule has 0 saturated carbocycles. The van der Waals surface area contributed by atoms with Crippen LogP contribution in [0.4, 0.5) is 0 Å². The molecule has 4 N–H and O–H groups in total. The maximum absolute atomic E-state index is 11.9. The van der Waals surface area contributed by atoms with Crippen LogP contribution >= 0.6 is 0 Å². The first-order valence-corrected chi connectivity index (χ1v) is 7.32. The molecule has 1 amide bonds. The van der Waals surface area contributed by atoms with E-state index in [1.165, 1.54) is 0 Å². The first kappa shape index (κ1) is 19.0. The smallest absolute Gasteiger partial charge is 0.311 e. The summed E-state index contributed by atoms with van der Waals surface area (Å²) >= 11 is 0. The number of carbonyl (C=O) groups excluding carboxylic acids is 2. The minimum Gasteiger partial charge on any atom is -0.405 e. The van der Waals surface area contributed by atoms with Crippen LogP contribution in [0.5, 0.6) is 0 Å². The molecule has 0 unspecified atom stereocenters. The van der Waals surface area contributed by atoms with E-state index in [2.05, 4.69) is 10.2 Å². The monoisotopic (exact) mass is 327 g/mol. The molecule has 0 aliphatic rings. The van der Waals surface area contributed by atoms with E-state index in [1.54, 1.807) is 29.1 Å². The van der Waals surface area contributed by atoms with E-state index in [9.17, 15) is 9.59 Å². The molecule has 23 heavy (non-hydrogen) atoms. The fraction of sp³-hybridized carbons (Fsp3) is 0.533. The normalized spacial score (nSPS) is 11.1. The Labute approximate surface area is 135 Å². The lowest BCUT2D eigenvalue weighted by Crippen LogP contribution is -2.79. The van der Waals surface area contributed by atoms with Gasteiger partial charge in [-0.1, -0.05) is 26.4 Å². The van der Waals surface area contributed by atoms with Gasteiger partial charge in [0.25, 0.3) is 12.6 Å². The van der Waals surface area contributed by atoms with Gasteiger partial charge in [0.15, 0.2) is 12.4 Å². The largest absolute Gasteiger partial charge is 0.405 e. The van der Waals surface area contributed by atoms with Gasteiger partial charge in [0.05, 0.1) is 6.42 Å². The van der Waals surface area contributed by atoms with E-state index in [-0.39, 0.29) is 37.2 Å². The zero-order chi connectivity index (χ0) is 17.3. The summed E-state index contributed by atoms with van der Waals surface area (Å²) in [4.78, 5) is 28.2. The van der Waals surface area contributed by atoms with Gasteiger partial charge in [0.1, 0.15) is 12.2 Å². The predicted octanol–water partition coefficient (Wildman–Crippen LogP) is -0.475. The second-order valence-electron chi connectivity index (χ2n) is 6.22. The van der Waals surface area contributed by atoms with Crippen molar-refractivity contribution >= 4 is 11.9 Å². The van der Waals surface area contributed by atoms with E-state index in [1.807, 2.05) is 20.8 Å². The molecule has 1 aromatic heterocycles. The number of esters is 1. The summed E-state index contributed by atoms with van der Waals surface area (Å²) in [6.07, 6.45) is 3.64. The van der Waals surface area contributed by atoms with Gasteiger partial charge in [-0.15, -0.1) is 0 Å². The lowest BCUT2D eigenvalue weighted by molar-refractivity contribution is -1.06. The van der Waals surface area contributed by atoms with E-state index in [0.717, 1.165) is 0 Å². The van der Waals surface area contributed by atoms with Crippen molar-refractivity contribution in [3.63, 3.8) is 0 Å². The molecule has 8 heteroatoms. The molecular weight excluding hydrogens is 302 g/mol. The molecule has 0 radical (unpaired) electrons. The first-order chi connectivity index (χ1) is 10.8. The van der Waals surface area contributed by atoms with Gasteiger partial charge in [-0.05, 0) is 11.5 Å². The highest BCUT2D eigenvalue weighted by Gasteiger charge is 2.18. The molecule has 0 bridgehead atoms. The first-order valence-electron chi connectivity index (χ1n) is 7.32. The molecule has 1 heterocycles. The number of nitrogens with one attached hydrogen (secondary N) is 1. The molecule has 0 aliphatic carbocycles. The van der Waals surface area contributed by atoms with Gasteiger partial charge >= 0.3 is 5.97 Å². The average molecular weight is 327 g/mol. The summed E-state index contributed by atoms with van der Waals surface area (Å²) in [5.41, 5.74) is 0.888. The van der Waals surface area contributed by atoms with Crippen LogP contribution in [0, 0.1) is 5.41 Å². The molecule has 0 atom stereocenters. The number of carbonyl (C=O) groups is 2.